The molecule has 0 unspecified atom stereocenters. The van der Waals surface area contributed by atoms with Crippen LogP contribution in [0.4, 0.5) is 5.69 Å². The Labute approximate surface area is 139 Å². The Morgan fingerprint density at radius 1 is 0.917 bits per heavy atom. The van der Waals surface area contributed by atoms with Crippen LogP contribution in [0.1, 0.15) is 34.6 Å². The van der Waals surface area contributed by atoms with Crippen LogP contribution in [-0.4, -0.2) is 24.5 Å². The van der Waals surface area contributed by atoms with Crippen LogP contribution in [-0.2, 0) is 9.53 Å². The summed E-state index contributed by atoms with van der Waals surface area (Å²) in [6, 6.07) is 12.6. The summed E-state index contributed by atoms with van der Waals surface area (Å²) in [4.78, 5) is 34.6. The monoisotopic (exact) mass is 327 g/mol. The van der Waals surface area contributed by atoms with Crippen LogP contribution in [0.2, 0.25) is 0 Å². The van der Waals surface area contributed by atoms with Gasteiger partial charge in [0.1, 0.15) is 5.75 Å². The first kappa shape index (κ1) is 17.2. The van der Waals surface area contributed by atoms with Crippen LogP contribution in [0.15, 0.2) is 48.5 Å². The molecule has 0 fully saturated rings. The Balaban J connectivity index is 2.01. The van der Waals surface area contributed by atoms with Crippen molar-refractivity contribution in [3.05, 3.63) is 59.7 Å². The van der Waals surface area contributed by atoms with E-state index in [-0.39, 0.29) is 5.91 Å². The summed E-state index contributed by atoms with van der Waals surface area (Å²) in [5.74, 6) is -0.767. The van der Waals surface area contributed by atoms with Gasteiger partial charge in [-0.25, -0.2) is 4.79 Å². The summed E-state index contributed by atoms with van der Waals surface area (Å²) < 4.78 is 9.80. The number of ether oxygens (including phenoxy) is 2. The third-order valence-electron chi connectivity index (χ3n) is 3.03. The lowest BCUT2D eigenvalue weighted by molar-refractivity contribution is -0.131. The number of hydrogen-bond donors (Lipinski definition) is 1. The predicted octanol–water partition coefficient (Wildman–Crippen LogP) is 3.04. The Hall–Kier alpha value is -3.15. The zero-order valence-electron chi connectivity index (χ0n) is 13.4. The van der Waals surface area contributed by atoms with E-state index in [1.807, 2.05) is 0 Å². The number of hydrogen-bond acceptors (Lipinski definition) is 5. The molecule has 0 aliphatic carbocycles. The molecule has 124 valence electrons. The first-order chi connectivity index (χ1) is 11.5. The zero-order valence-corrected chi connectivity index (χ0v) is 13.4. The number of carbonyl (C=O) groups excluding carboxylic acids is 3. The third kappa shape index (κ3) is 4.67. The summed E-state index contributed by atoms with van der Waals surface area (Å²) >= 11 is 0. The van der Waals surface area contributed by atoms with Gasteiger partial charge in [-0.3, -0.25) is 9.59 Å². The van der Waals surface area contributed by atoms with Crippen LogP contribution in [0.25, 0.3) is 0 Å². The zero-order chi connectivity index (χ0) is 17.5. The molecule has 2 aromatic carbocycles. The van der Waals surface area contributed by atoms with Gasteiger partial charge in [-0.05, 0) is 55.5 Å². The van der Waals surface area contributed by atoms with Gasteiger partial charge in [0, 0.05) is 18.2 Å². The van der Waals surface area contributed by atoms with Crippen molar-refractivity contribution < 1.29 is 23.9 Å². The summed E-state index contributed by atoms with van der Waals surface area (Å²) in [7, 11) is 0. The lowest BCUT2D eigenvalue weighted by Crippen LogP contribution is -2.12. The van der Waals surface area contributed by atoms with Crippen LogP contribution in [0, 0.1) is 0 Å². The fourth-order valence-electron chi connectivity index (χ4n) is 1.95. The van der Waals surface area contributed by atoms with Crippen LogP contribution >= 0.6 is 0 Å². The lowest BCUT2D eigenvalue weighted by Gasteiger charge is -2.07. The van der Waals surface area contributed by atoms with Crippen molar-refractivity contribution >= 4 is 23.5 Å². The van der Waals surface area contributed by atoms with Crippen molar-refractivity contribution in [2.45, 2.75) is 13.8 Å². The first-order valence-electron chi connectivity index (χ1n) is 7.36. The molecule has 0 saturated heterocycles. The maximum atomic E-state index is 12.2. The largest absolute Gasteiger partial charge is 0.462 e. The molecule has 6 nitrogen and oxygen atoms in total. The second-order valence-electron chi connectivity index (χ2n) is 4.87. The molecule has 0 atom stereocenters. The van der Waals surface area contributed by atoms with Crippen molar-refractivity contribution in [3.8, 4) is 5.75 Å². The minimum absolute atomic E-state index is 0.306. The van der Waals surface area contributed by atoms with E-state index in [9.17, 15) is 14.4 Å². The Bertz CT molecular complexity index is 735. The number of nitrogens with one attached hydrogen (secondary N) is 1. The molecule has 24 heavy (non-hydrogen) atoms. The molecule has 1 N–H and O–H groups in total. The van der Waals surface area contributed by atoms with Crippen molar-refractivity contribution in [1.29, 1.82) is 0 Å². The minimum Gasteiger partial charge on any atom is -0.462 e. The van der Waals surface area contributed by atoms with E-state index in [1.54, 1.807) is 55.5 Å². The minimum atomic E-state index is -0.422. The molecule has 0 heterocycles. The summed E-state index contributed by atoms with van der Waals surface area (Å²) in [5.41, 5.74) is 1.39. The molecular formula is C18H17NO5. The van der Waals surface area contributed by atoms with E-state index in [4.69, 9.17) is 9.47 Å². The normalized spacial score (nSPS) is 9.92. The van der Waals surface area contributed by atoms with E-state index in [0.29, 0.717) is 29.2 Å². The van der Waals surface area contributed by atoms with E-state index in [0.717, 1.165) is 0 Å². The molecule has 0 spiro atoms. The Kier molecular flexibility index (Phi) is 5.68. The van der Waals surface area contributed by atoms with Crippen LogP contribution in [0.5, 0.6) is 5.75 Å². The molecular weight excluding hydrogens is 310 g/mol. The molecule has 0 bridgehead atoms. The van der Waals surface area contributed by atoms with E-state index < -0.39 is 11.9 Å². The highest BCUT2D eigenvalue weighted by Gasteiger charge is 2.09. The second-order valence-corrected chi connectivity index (χ2v) is 4.87. The summed E-state index contributed by atoms with van der Waals surface area (Å²) in [5, 5.41) is 2.72. The highest BCUT2D eigenvalue weighted by atomic mass is 16.5. The van der Waals surface area contributed by atoms with Gasteiger partial charge in [-0.2, -0.15) is 0 Å². The van der Waals surface area contributed by atoms with Gasteiger partial charge in [-0.1, -0.05) is 0 Å². The Morgan fingerprint density at radius 3 is 2.04 bits per heavy atom. The van der Waals surface area contributed by atoms with E-state index in [2.05, 4.69) is 5.32 Å². The van der Waals surface area contributed by atoms with Crippen molar-refractivity contribution in [1.82, 2.24) is 0 Å². The highest BCUT2D eigenvalue weighted by Crippen LogP contribution is 2.15. The number of esters is 2. The molecule has 1 amide bonds. The molecule has 0 saturated carbocycles. The number of benzene rings is 2. The van der Waals surface area contributed by atoms with Crippen LogP contribution < -0.4 is 10.1 Å². The standard InChI is InChI=1S/C18H17NO5/c1-3-23-18(22)14-4-8-15(9-5-14)19-17(21)13-6-10-16(11-7-13)24-12(2)20/h4-11H,3H2,1-2H3,(H,19,21). The third-order valence-corrected chi connectivity index (χ3v) is 3.03. The van der Waals surface area contributed by atoms with Crippen molar-refractivity contribution in [2.75, 3.05) is 11.9 Å². The fourth-order valence-corrected chi connectivity index (χ4v) is 1.95. The predicted molar refractivity (Wildman–Crippen MR) is 88.1 cm³/mol. The molecule has 0 radical (unpaired) electrons. The summed E-state index contributed by atoms with van der Waals surface area (Å²) in [6.45, 7) is 3.35. The van der Waals surface area contributed by atoms with Crippen LogP contribution in [0.3, 0.4) is 0 Å². The topological polar surface area (TPSA) is 81.7 Å². The van der Waals surface area contributed by atoms with Gasteiger partial charge < -0.3 is 14.8 Å². The molecule has 2 aromatic rings. The number of rotatable bonds is 5. The highest BCUT2D eigenvalue weighted by molar-refractivity contribution is 6.04. The number of anilines is 1. The van der Waals surface area contributed by atoms with Gasteiger partial charge >= 0.3 is 11.9 Å². The quantitative estimate of drug-likeness (QED) is 0.674. The molecule has 0 aliphatic heterocycles. The number of carbonyl (C=O) groups is 3. The fraction of sp³-hybridized carbons (Fsp3) is 0.167. The van der Waals surface area contributed by atoms with E-state index >= 15 is 0 Å². The maximum Gasteiger partial charge on any atom is 0.338 e. The van der Waals surface area contributed by atoms with Gasteiger partial charge in [0.05, 0.1) is 12.2 Å². The number of amides is 1. The molecule has 6 heteroatoms. The lowest BCUT2D eigenvalue weighted by atomic mass is 10.1. The van der Waals surface area contributed by atoms with E-state index in [1.165, 1.54) is 6.92 Å². The average Bonchev–Trinajstić information content (AvgIpc) is 2.56. The van der Waals surface area contributed by atoms with Gasteiger partial charge in [0.15, 0.2) is 0 Å². The summed E-state index contributed by atoms with van der Waals surface area (Å²) in [6.07, 6.45) is 0. The smallest absolute Gasteiger partial charge is 0.338 e. The molecule has 0 aliphatic rings. The van der Waals surface area contributed by atoms with Gasteiger partial charge in [0.25, 0.3) is 5.91 Å². The SMILES string of the molecule is CCOC(=O)c1ccc(NC(=O)c2ccc(OC(C)=O)cc2)cc1. The Morgan fingerprint density at radius 2 is 1.50 bits per heavy atom. The van der Waals surface area contributed by atoms with Gasteiger partial charge in [0.2, 0.25) is 0 Å². The maximum absolute atomic E-state index is 12.2. The van der Waals surface area contributed by atoms with Crippen molar-refractivity contribution in [2.24, 2.45) is 0 Å². The average molecular weight is 327 g/mol. The first-order valence-corrected chi connectivity index (χ1v) is 7.36. The van der Waals surface area contributed by atoms with Crippen molar-refractivity contribution in [3.63, 3.8) is 0 Å². The van der Waals surface area contributed by atoms with Gasteiger partial charge in [-0.15, -0.1) is 0 Å². The molecule has 2 rings (SSSR count). The second kappa shape index (κ2) is 7.92. The molecule has 0 aromatic heterocycles.